The Hall–Kier alpha value is -1.79. The van der Waals surface area contributed by atoms with Crippen LogP contribution < -0.4 is 4.74 Å². The van der Waals surface area contributed by atoms with Gasteiger partial charge in [-0.05, 0) is 37.1 Å². The summed E-state index contributed by atoms with van der Waals surface area (Å²) in [6, 6.07) is 7.42. The number of likely N-dealkylation sites (tertiary alicyclic amines) is 2. The highest BCUT2D eigenvalue weighted by Gasteiger charge is 2.38. The number of urea groups is 1. The number of Topliss-reactive ketones (excluding diaryl/α,β-unsaturated/α-hetero) is 1. The molecule has 3 fully saturated rings. The molecule has 3 heterocycles. The number of carbonyl (C=O) groups is 2. The van der Waals surface area contributed by atoms with Gasteiger partial charge in [-0.3, -0.25) is 4.79 Å². The lowest BCUT2D eigenvalue weighted by molar-refractivity contribution is -0.139. The second-order valence-electron chi connectivity index (χ2n) is 7.74. The Morgan fingerprint density at radius 1 is 1.15 bits per heavy atom. The quantitative estimate of drug-likeness (QED) is 0.793. The number of ether oxygens (including phenoxy) is 2. The van der Waals surface area contributed by atoms with Crippen molar-refractivity contribution in [2.45, 2.75) is 25.4 Å². The van der Waals surface area contributed by atoms with E-state index in [1.54, 1.807) is 0 Å². The van der Waals surface area contributed by atoms with Gasteiger partial charge >= 0.3 is 6.03 Å². The summed E-state index contributed by atoms with van der Waals surface area (Å²) in [7, 11) is 0. The van der Waals surface area contributed by atoms with Crippen LogP contribution in [0, 0.1) is 11.8 Å². The molecule has 2 amide bonds. The Bertz CT molecular complexity index is 696. The average Bonchev–Trinajstić information content (AvgIpc) is 3.15. The van der Waals surface area contributed by atoms with Crippen molar-refractivity contribution in [3.8, 4) is 5.75 Å². The Kier molecular flexibility index (Phi) is 5.55. The van der Waals surface area contributed by atoms with Crippen molar-refractivity contribution in [2.24, 2.45) is 11.8 Å². The molecule has 1 unspecified atom stereocenters. The van der Waals surface area contributed by atoms with Crippen LogP contribution in [-0.4, -0.2) is 67.1 Å². The minimum atomic E-state index is 0.0838. The molecule has 0 aromatic heterocycles. The molecular weight excluding hydrogens is 368 g/mol. The zero-order chi connectivity index (χ0) is 18.8. The zero-order valence-electron chi connectivity index (χ0n) is 15.3. The fraction of sp³-hybridized carbons (Fsp3) is 0.600. The van der Waals surface area contributed by atoms with Gasteiger partial charge in [0, 0.05) is 49.5 Å². The van der Waals surface area contributed by atoms with Crippen molar-refractivity contribution < 1.29 is 19.1 Å². The van der Waals surface area contributed by atoms with E-state index in [-0.39, 0.29) is 30.4 Å². The Labute approximate surface area is 164 Å². The molecule has 0 radical (unpaired) electrons. The molecule has 146 valence electrons. The minimum absolute atomic E-state index is 0.0838. The van der Waals surface area contributed by atoms with Crippen molar-refractivity contribution in [1.82, 2.24) is 9.80 Å². The highest BCUT2D eigenvalue weighted by molar-refractivity contribution is 6.30. The maximum atomic E-state index is 12.9. The van der Waals surface area contributed by atoms with Crippen molar-refractivity contribution >= 4 is 23.4 Å². The third kappa shape index (κ3) is 4.38. The topological polar surface area (TPSA) is 59.1 Å². The smallest absolute Gasteiger partial charge is 0.320 e. The Morgan fingerprint density at radius 3 is 2.70 bits per heavy atom. The molecule has 7 heteroatoms. The van der Waals surface area contributed by atoms with Crippen molar-refractivity contribution in [3.63, 3.8) is 0 Å². The molecular formula is C20H25ClN2O4. The Balaban J connectivity index is 1.26. The summed E-state index contributed by atoms with van der Waals surface area (Å²) in [4.78, 5) is 28.3. The van der Waals surface area contributed by atoms with Crippen LogP contribution in [0.15, 0.2) is 24.3 Å². The van der Waals surface area contributed by atoms with Gasteiger partial charge in [0.15, 0.2) is 5.78 Å². The molecule has 1 aromatic carbocycles. The maximum Gasteiger partial charge on any atom is 0.320 e. The molecule has 0 spiro atoms. The van der Waals surface area contributed by atoms with Gasteiger partial charge in [0.05, 0.1) is 12.7 Å². The standard InChI is InChI=1S/C20H25ClN2O4/c21-16-1-3-18(4-2-16)26-12-14-5-7-22(10-14)20(25)23-8-6-19-15(11-23)9-17(24)13-27-19/h1-4,14-15,19H,5-13H2/t14?,15-,19+/m1/s1. The first kappa shape index (κ1) is 18.6. The maximum absolute atomic E-state index is 12.9. The van der Waals surface area contributed by atoms with E-state index >= 15 is 0 Å². The van der Waals surface area contributed by atoms with Crippen LogP contribution in [-0.2, 0) is 9.53 Å². The number of halogens is 1. The molecule has 0 aliphatic carbocycles. The van der Waals surface area contributed by atoms with Crippen LogP contribution in [0.25, 0.3) is 0 Å². The summed E-state index contributed by atoms with van der Waals surface area (Å²) >= 11 is 5.89. The van der Waals surface area contributed by atoms with Crippen LogP contribution >= 0.6 is 11.6 Å². The summed E-state index contributed by atoms with van der Waals surface area (Å²) in [6.45, 7) is 3.63. The average molecular weight is 393 g/mol. The molecule has 0 bridgehead atoms. The SMILES string of the molecule is O=C1CO[C@H]2CCN(C(=O)N3CCC(COc4ccc(Cl)cc4)C3)C[C@H]2C1. The van der Waals surface area contributed by atoms with Gasteiger partial charge in [0.1, 0.15) is 12.4 Å². The zero-order valence-corrected chi connectivity index (χ0v) is 16.1. The lowest BCUT2D eigenvalue weighted by Crippen LogP contribution is -2.53. The molecule has 27 heavy (non-hydrogen) atoms. The normalized spacial score (nSPS) is 28.2. The molecule has 3 atom stereocenters. The summed E-state index contributed by atoms with van der Waals surface area (Å²) in [5.41, 5.74) is 0. The lowest BCUT2D eigenvalue weighted by atomic mass is 9.88. The fourth-order valence-corrected chi connectivity index (χ4v) is 4.36. The number of piperidine rings is 1. The van der Waals surface area contributed by atoms with Crippen LogP contribution in [0.1, 0.15) is 19.3 Å². The van der Waals surface area contributed by atoms with Crippen LogP contribution in [0.4, 0.5) is 4.79 Å². The number of ketones is 1. The molecule has 3 saturated heterocycles. The summed E-state index contributed by atoms with van der Waals surface area (Å²) in [5.74, 6) is 1.43. The first-order valence-electron chi connectivity index (χ1n) is 9.64. The second kappa shape index (κ2) is 8.07. The summed E-state index contributed by atoms with van der Waals surface area (Å²) in [5, 5.41) is 0.689. The van der Waals surface area contributed by atoms with Crippen LogP contribution in [0.5, 0.6) is 5.75 Å². The molecule has 3 aliphatic heterocycles. The van der Waals surface area contributed by atoms with Crippen LogP contribution in [0.2, 0.25) is 5.02 Å². The number of hydrogen-bond donors (Lipinski definition) is 0. The number of fused-ring (bicyclic) bond motifs is 1. The second-order valence-corrected chi connectivity index (χ2v) is 8.17. The lowest BCUT2D eigenvalue weighted by Gasteiger charge is -2.41. The first-order valence-corrected chi connectivity index (χ1v) is 10.0. The monoisotopic (exact) mass is 392 g/mol. The number of benzene rings is 1. The third-order valence-corrected chi connectivity index (χ3v) is 5.99. The largest absolute Gasteiger partial charge is 0.493 e. The van der Waals surface area contributed by atoms with Crippen molar-refractivity contribution in [2.75, 3.05) is 39.4 Å². The van der Waals surface area contributed by atoms with E-state index in [1.165, 1.54) is 0 Å². The van der Waals surface area contributed by atoms with Gasteiger partial charge in [0.25, 0.3) is 0 Å². The van der Waals surface area contributed by atoms with E-state index in [0.29, 0.717) is 43.6 Å². The van der Waals surface area contributed by atoms with Gasteiger partial charge < -0.3 is 19.3 Å². The third-order valence-electron chi connectivity index (χ3n) is 5.74. The Morgan fingerprint density at radius 2 is 1.89 bits per heavy atom. The van der Waals surface area contributed by atoms with Gasteiger partial charge in [0.2, 0.25) is 0 Å². The van der Waals surface area contributed by atoms with E-state index < -0.39 is 0 Å². The van der Waals surface area contributed by atoms with Gasteiger partial charge in [-0.1, -0.05) is 11.6 Å². The predicted octanol–water partition coefficient (Wildman–Crippen LogP) is 2.84. The number of carbonyl (C=O) groups excluding carboxylic acids is 2. The highest BCUT2D eigenvalue weighted by Crippen LogP contribution is 2.28. The molecule has 0 N–H and O–H groups in total. The van der Waals surface area contributed by atoms with Crippen LogP contribution in [0.3, 0.4) is 0 Å². The van der Waals surface area contributed by atoms with Crippen molar-refractivity contribution in [3.05, 3.63) is 29.3 Å². The number of nitrogens with zero attached hydrogens (tertiary/aromatic N) is 2. The first-order chi connectivity index (χ1) is 13.1. The van der Waals surface area contributed by atoms with E-state index in [1.807, 2.05) is 34.1 Å². The van der Waals surface area contributed by atoms with Gasteiger partial charge in [-0.15, -0.1) is 0 Å². The fourth-order valence-electron chi connectivity index (χ4n) is 4.24. The molecule has 4 rings (SSSR count). The van der Waals surface area contributed by atoms with Gasteiger partial charge in [-0.2, -0.15) is 0 Å². The minimum Gasteiger partial charge on any atom is -0.493 e. The molecule has 6 nitrogen and oxygen atoms in total. The van der Waals surface area contributed by atoms with Gasteiger partial charge in [-0.25, -0.2) is 4.79 Å². The van der Waals surface area contributed by atoms with E-state index in [2.05, 4.69) is 0 Å². The summed E-state index contributed by atoms with van der Waals surface area (Å²) in [6.07, 6.45) is 2.43. The molecule has 3 aliphatic rings. The summed E-state index contributed by atoms with van der Waals surface area (Å²) < 4.78 is 11.5. The number of amides is 2. The van der Waals surface area contributed by atoms with Crippen molar-refractivity contribution in [1.29, 1.82) is 0 Å². The van der Waals surface area contributed by atoms with E-state index in [4.69, 9.17) is 21.1 Å². The molecule has 1 aromatic rings. The molecule has 0 saturated carbocycles. The number of hydrogen-bond acceptors (Lipinski definition) is 4. The number of rotatable bonds is 3. The van der Waals surface area contributed by atoms with E-state index in [0.717, 1.165) is 25.1 Å². The predicted molar refractivity (Wildman–Crippen MR) is 101 cm³/mol. The highest BCUT2D eigenvalue weighted by atomic mass is 35.5. The van der Waals surface area contributed by atoms with E-state index in [9.17, 15) is 9.59 Å².